The topological polar surface area (TPSA) is 61.3 Å². The fraction of sp³-hybridized carbons (Fsp3) is 0.167. The van der Waals surface area contributed by atoms with Gasteiger partial charge in [-0.3, -0.25) is 4.79 Å². The Labute approximate surface area is 180 Å². The Kier molecular flexibility index (Phi) is 5.68. The summed E-state index contributed by atoms with van der Waals surface area (Å²) in [5, 5.41) is 4.81. The lowest BCUT2D eigenvalue weighted by atomic mass is 10.1. The van der Waals surface area contributed by atoms with Gasteiger partial charge in [0.2, 0.25) is 0 Å². The van der Waals surface area contributed by atoms with Crippen molar-refractivity contribution in [2.24, 2.45) is 0 Å². The van der Waals surface area contributed by atoms with E-state index in [0.29, 0.717) is 23.8 Å². The highest BCUT2D eigenvalue weighted by Gasteiger charge is 2.16. The molecule has 0 aliphatic heterocycles. The van der Waals surface area contributed by atoms with Crippen LogP contribution in [0.1, 0.15) is 22.5 Å². The molecule has 0 spiro atoms. The van der Waals surface area contributed by atoms with Gasteiger partial charge in [-0.1, -0.05) is 30.3 Å². The number of aromatic nitrogens is 1. The van der Waals surface area contributed by atoms with Crippen LogP contribution in [0.25, 0.3) is 10.9 Å². The molecule has 0 atom stereocenters. The number of hydrogen-bond acceptors (Lipinski definition) is 3. The van der Waals surface area contributed by atoms with Gasteiger partial charge in [-0.25, -0.2) is 0 Å². The highest BCUT2D eigenvalue weighted by atomic mass is 32.1. The van der Waals surface area contributed by atoms with Crippen LogP contribution < -0.4 is 10.9 Å². The van der Waals surface area contributed by atoms with Crippen molar-refractivity contribution in [3.05, 3.63) is 99.7 Å². The highest BCUT2D eigenvalue weighted by molar-refractivity contribution is 7.80. The van der Waals surface area contributed by atoms with Gasteiger partial charge in [0.25, 0.3) is 5.56 Å². The molecule has 152 valence electrons. The molecule has 0 aliphatic carbocycles. The number of thiocarbonyl (C=S) groups is 1. The molecule has 6 heteroatoms. The van der Waals surface area contributed by atoms with Crippen molar-refractivity contribution in [2.75, 3.05) is 5.32 Å². The van der Waals surface area contributed by atoms with Crippen LogP contribution >= 0.6 is 12.2 Å². The molecule has 0 fully saturated rings. The van der Waals surface area contributed by atoms with Crippen LogP contribution in [0.4, 0.5) is 5.69 Å². The third kappa shape index (κ3) is 4.44. The molecular formula is C24H23N3O2S. The number of nitrogens with one attached hydrogen (secondary N) is 2. The number of aromatic amines is 1. The minimum Gasteiger partial charge on any atom is -0.467 e. The summed E-state index contributed by atoms with van der Waals surface area (Å²) in [6.07, 6.45) is 1.64. The molecule has 0 bridgehead atoms. The van der Waals surface area contributed by atoms with Gasteiger partial charge in [-0.05, 0) is 72.9 Å². The zero-order chi connectivity index (χ0) is 21.1. The molecule has 0 aliphatic rings. The summed E-state index contributed by atoms with van der Waals surface area (Å²) in [5.41, 5.74) is 4.49. The number of hydrogen-bond donors (Lipinski definition) is 2. The van der Waals surface area contributed by atoms with E-state index in [9.17, 15) is 4.79 Å². The van der Waals surface area contributed by atoms with Crippen LogP contribution in [0, 0.1) is 13.8 Å². The summed E-state index contributed by atoms with van der Waals surface area (Å²) in [6.45, 7) is 4.83. The molecule has 0 saturated carbocycles. The quantitative estimate of drug-likeness (QED) is 0.441. The fourth-order valence-corrected chi connectivity index (χ4v) is 3.71. The predicted molar refractivity (Wildman–Crippen MR) is 125 cm³/mol. The van der Waals surface area contributed by atoms with E-state index in [1.54, 1.807) is 6.26 Å². The van der Waals surface area contributed by atoms with Gasteiger partial charge in [0.1, 0.15) is 5.76 Å². The summed E-state index contributed by atoms with van der Waals surface area (Å²) in [7, 11) is 0. The van der Waals surface area contributed by atoms with Gasteiger partial charge >= 0.3 is 0 Å². The molecule has 4 rings (SSSR count). The summed E-state index contributed by atoms with van der Waals surface area (Å²) in [6, 6.07) is 19.7. The molecule has 0 unspecified atom stereocenters. The minimum absolute atomic E-state index is 0.111. The zero-order valence-corrected chi connectivity index (χ0v) is 17.8. The first-order valence-corrected chi connectivity index (χ1v) is 10.2. The molecule has 2 aromatic heterocycles. The Morgan fingerprint density at radius 3 is 2.67 bits per heavy atom. The monoisotopic (exact) mass is 417 g/mol. The second-order valence-electron chi connectivity index (χ2n) is 7.40. The van der Waals surface area contributed by atoms with E-state index in [0.717, 1.165) is 33.5 Å². The largest absolute Gasteiger partial charge is 0.467 e. The van der Waals surface area contributed by atoms with E-state index in [-0.39, 0.29) is 5.56 Å². The first-order chi connectivity index (χ1) is 14.5. The van der Waals surface area contributed by atoms with Crippen molar-refractivity contribution in [3.63, 3.8) is 0 Å². The van der Waals surface area contributed by atoms with Crippen LogP contribution in [0.5, 0.6) is 0 Å². The molecular weight excluding hydrogens is 394 g/mol. The normalized spacial score (nSPS) is 10.9. The van der Waals surface area contributed by atoms with Crippen molar-refractivity contribution in [3.8, 4) is 0 Å². The number of pyridine rings is 1. The lowest BCUT2D eigenvalue weighted by molar-refractivity contribution is 0.359. The molecule has 30 heavy (non-hydrogen) atoms. The van der Waals surface area contributed by atoms with E-state index >= 15 is 0 Å². The Hall–Kier alpha value is -3.38. The number of H-pyrrole nitrogens is 1. The Balaban J connectivity index is 1.64. The smallest absolute Gasteiger partial charge is 0.253 e. The molecule has 2 N–H and O–H groups in total. The van der Waals surface area contributed by atoms with Crippen molar-refractivity contribution >= 4 is 33.9 Å². The Morgan fingerprint density at radius 2 is 1.90 bits per heavy atom. The van der Waals surface area contributed by atoms with Crippen LogP contribution in [0.15, 0.2) is 76.1 Å². The molecule has 0 amide bonds. The zero-order valence-electron chi connectivity index (χ0n) is 16.9. The molecule has 0 radical (unpaired) electrons. The van der Waals surface area contributed by atoms with Crippen molar-refractivity contribution in [1.29, 1.82) is 0 Å². The van der Waals surface area contributed by atoms with Gasteiger partial charge in [0.05, 0.1) is 24.9 Å². The Morgan fingerprint density at radius 1 is 1.07 bits per heavy atom. The Bertz CT molecular complexity index is 1250. The number of para-hydroxylation sites is 1. The number of nitrogens with zero attached hydrogens (tertiary/aromatic N) is 1. The average molecular weight is 418 g/mol. The third-order valence-electron chi connectivity index (χ3n) is 5.01. The highest BCUT2D eigenvalue weighted by Crippen LogP contribution is 2.18. The number of anilines is 1. The van der Waals surface area contributed by atoms with E-state index in [1.807, 2.05) is 79.4 Å². The van der Waals surface area contributed by atoms with E-state index in [1.165, 1.54) is 0 Å². The molecule has 2 aromatic carbocycles. The lowest BCUT2D eigenvalue weighted by Crippen LogP contribution is -2.35. The first-order valence-electron chi connectivity index (χ1n) is 9.76. The summed E-state index contributed by atoms with van der Waals surface area (Å²) >= 11 is 5.69. The summed E-state index contributed by atoms with van der Waals surface area (Å²) < 4.78 is 5.52. The van der Waals surface area contributed by atoms with E-state index in [2.05, 4.69) is 10.3 Å². The van der Waals surface area contributed by atoms with Gasteiger partial charge in [0, 0.05) is 11.3 Å². The van der Waals surface area contributed by atoms with Gasteiger partial charge in [-0.2, -0.15) is 0 Å². The van der Waals surface area contributed by atoms with Crippen molar-refractivity contribution < 1.29 is 4.42 Å². The number of furan rings is 1. The second kappa shape index (κ2) is 8.55. The van der Waals surface area contributed by atoms with E-state index < -0.39 is 0 Å². The number of fused-ring (bicyclic) bond motifs is 1. The molecule has 4 aromatic rings. The van der Waals surface area contributed by atoms with Crippen LogP contribution in [-0.2, 0) is 13.1 Å². The van der Waals surface area contributed by atoms with Gasteiger partial charge in [-0.15, -0.1) is 0 Å². The molecule has 0 saturated heterocycles. The minimum atomic E-state index is -0.111. The van der Waals surface area contributed by atoms with Crippen LogP contribution in [0.2, 0.25) is 0 Å². The standard InChI is InChI=1S/C24H23N3O2S/c1-16-6-3-9-20(12-16)25-24(30)27(15-21-10-5-11-29-21)14-19-13-18-8-4-7-17(2)22(18)26-23(19)28/h3-13H,14-15H2,1-2H3,(H,25,30)(H,26,28). The summed E-state index contributed by atoms with van der Waals surface area (Å²) in [5.74, 6) is 0.774. The maximum absolute atomic E-state index is 12.8. The fourth-order valence-electron chi connectivity index (χ4n) is 3.47. The predicted octanol–water partition coefficient (Wildman–Crippen LogP) is 5.14. The first kappa shape index (κ1) is 19.9. The van der Waals surface area contributed by atoms with Gasteiger partial charge < -0.3 is 19.6 Å². The average Bonchev–Trinajstić information content (AvgIpc) is 3.22. The third-order valence-corrected chi connectivity index (χ3v) is 5.37. The second-order valence-corrected chi connectivity index (χ2v) is 7.78. The lowest BCUT2D eigenvalue weighted by Gasteiger charge is -2.25. The molecule has 5 nitrogen and oxygen atoms in total. The molecule has 2 heterocycles. The number of rotatable bonds is 5. The van der Waals surface area contributed by atoms with Crippen LogP contribution in [-0.4, -0.2) is 15.0 Å². The van der Waals surface area contributed by atoms with Crippen LogP contribution in [0.3, 0.4) is 0 Å². The maximum atomic E-state index is 12.8. The van der Waals surface area contributed by atoms with Crippen molar-refractivity contribution in [1.82, 2.24) is 9.88 Å². The van der Waals surface area contributed by atoms with E-state index in [4.69, 9.17) is 16.6 Å². The summed E-state index contributed by atoms with van der Waals surface area (Å²) in [4.78, 5) is 17.7. The van der Waals surface area contributed by atoms with Gasteiger partial charge in [0.15, 0.2) is 5.11 Å². The number of benzene rings is 2. The maximum Gasteiger partial charge on any atom is 0.253 e. The SMILES string of the molecule is Cc1cccc(NC(=S)N(Cc2ccco2)Cc2cc3cccc(C)c3[nH]c2=O)c1. The van der Waals surface area contributed by atoms with Crippen molar-refractivity contribution in [2.45, 2.75) is 26.9 Å². The number of aryl methyl sites for hydroxylation is 2.